The molecule has 156 valence electrons. The molecule has 4 nitrogen and oxygen atoms in total. The molecule has 0 bridgehead atoms. The van der Waals surface area contributed by atoms with E-state index in [2.05, 4.69) is 5.32 Å². The van der Waals surface area contributed by atoms with E-state index < -0.39 is 6.04 Å². The summed E-state index contributed by atoms with van der Waals surface area (Å²) in [4.78, 5) is 27.6. The third kappa shape index (κ3) is 6.76. The summed E-state index contributed by atoms with van der Waals surface area (Å²) in [6, 6.07) is 14.4. The first-order chi connectivity index (χ1) is 13.8. The molecule has 2 atom stereocenters. The lowest BCUT2D eigenvalue weighted by Crippen LogP contribution is -2.52. The highest BCUT2D eigenvalue weighted by molar-refractivity contribution is 6.42. The lowest BCUT2D eigenvalue weighted by molar-refractivity contribution is -0.141. The van der Waals surface area contributed by atoms with Crippen molar-refractivity contribution in [3.05, 3.63) is 69.7 Å². The van der Waals surface area contributed by atoms with Gasteiger partial charge in [0.15, 0.2) is 0 Å². The van der Waals surface area contributed by atoms with Gasteiger partial charge in [-0.3, -0.25) is 9.59 Å². The van der Waals surface area contributed by atoms with Crippen LogP contribution in [0.25, 0.3) is 0 Å². The molecule has 0 heterocycles. The van der Waals surface area contributed by atoms with E-state index in [1.165, 1.54) is 0 Å². The van der Waals surface area contributed by atoms with Crippen LogP contribution in [0.1, 0.15) is 44.7 Å². The van der Waals surface area contributed by atoms with Crippen molar-refractivity contribution in [2.24, 2.45) is 0 Å². The summed E-state index contributed by atoms with van der Waals surface area (Å²) in [6.45, 7) is 6.07. The van der Waals surface area contributed by atoms with E-state index in [1.54, 1.807) is 24.0 Å². The van der Waals surface area contributed by atoms with Crippen LogP contribution >= 0.6 is 23.2 Å². The topological polar surface area (TPSA) is 49.4 Å². The van der Waals surface area contributed by atoms with Crippen molar-refractivity contribution in [1.29, 1.82) is 0 Å². The fourth-order valence-electron chi connectivity index (χ4n) is 3.03. The van der Waals surface area contributed by atoms with Gasteiger partial charge in [0, 0.05) is 25.4 Å². The number of nitrogens with one attached hydrogen (secondary N) is 1. The normalized spacial score (nSPS) is 12.9. The number of rotatable bonds is 9. The first kappa shape index (κ1) is 23.2. The molecule has 0 fully saturated rings. The average molecular weight is 435 g/mol. The lowest BCUT2D eigenvalue weighted by Gasteiger charge is -2.32. The Morgan fingerprint density at radius 1 is 1.00 bits per heavy atom. The van der Waals surface area contributed by atoms with Crippen LogP contribution in [0.4, 0.5) is 0 Å². The van der Waals surface area contributed by atoms with Crippen molar-refractivity contribution in [3.63, 3.8) is 0 Å². The van der Waals surface area contributed by atoms with Crippen LogP contribution < -0.4 is 5.32 Å². The van der Waals surface area contributed by atoms with Gasteiger partial charge in [0.2, 0.25) is 11.8 Å². The highest BCUT2D eigenvalue weighted by atomic mass is 35.5. The zero-order valence-corrected chi connectivity index (χ0v) is 18.6. The Labute approximate surface area is 183 Å². The molecule has 6 heteroatoms. The summed E-state index contributed by atoms with van der Waals surface area (Å²) in [5.74, 6) is -0.235. The summed E-state index contributed by atoms with van der Waals surface area (Å²) in [7, 11) is 0. The molecule has 2 amide bonds. The van der Waals surface area contributed by atoms with Crippen LogP contribution in [0.2, 0.25) is 10.0 Å². The first-order valence-electron chi connectivity index (χ1n) is 9.93. The van der Waals surface area contributed by atoms with Crippen molar-refractivity contribution in [3.8, 4) is 0 Å². The largest absolute Gasteiger partial charge is 0.352 e. The second-order valence-electron chi connectivity index (χ2n) is 7.15. The zero-order chi connectivity index (χ0) is 21.4. The van der Waals surface area contributed by atoms with Crippen molar-refractivity contribution in [1.82, 2.24) is 10.2 Å². The third-order valence-corrected chi connectivity index (χ3v) is 5.65. The summed E-state index contributed by atoms with van der Waals surface area (Å²) >= 11 is 12.2. The predicted octanol–water partition coefficient (Wildman–Crippen LogP) is 5.26. The summed E-state index contributed by atoms with van der Waals surface area (Å²) < 4.78 is 0. The lowest BCUT2D eigenvalue weighted by atomic mass is 10.0. The quantitative estimate of drug-likeness (QED) is 0.584. The standard InChI is InChI=1S/C23H28Cl2N2O2/c1-4-16(3)26-23(29)21(14-17-9-7-6-8-10-17)27(22(28)5-2)15-18-11-12-19(24)20(25)13-18/h6-13,16,21H,4-5,14-15H2,1-3H3,(H,26,29)/t16-,21+/m1/s1. The molecule has 1 N–H and O–H groups in total. The Balaban J connectivity index is 2.37. The van der Waals surface area contributed by atoms with Crippen molar-refractivity contribution < 1.29 is 9.59 Å². The van der Waals surface area contributed by atoms with E-state index in [4.69, 9.17) is 23.2 Å². The SMILES string of the molecule is CCC(=O)N(Cc1ccc(Cl)c(Cl)c1)[C@@H](Cc1ccccc1)C(=O)N[C@H](C)CC. The molecule has 0 saturated heterocycles. The molecular formula is C23H28Cl2N2O2. The minimum atomic E-state index is -0.617. The van der Waals surface area contributed by atoms with Gasteiger partial charge in [-0.1, -0.05) is 73.4 Å². The number of carbonyl (C=O) groups excluding carboxylic acids is 2. The Bertz CT molecular complexity index is 827. The number of halogens is 2. The monoisotopic (exact) mass is 434 g/mol. The van der Waals surface area contributed by atoms with Crippen LogP contribution in [-0.4, -0.2) is 28.8 Å². The Kier molecular flexibility index (Phi) is 8.99. The highest BCUT2D eigenvalue weighted by Gasteiger charge is 2.30. The molecular weight excluding hydrogens is 407 g/mol. The van der Waals surface area contributed by atoms with E-state index in [0.29, 0.717) is 22.9 Å². The van der Waals surface area contributed by atoms with Gasteiger partial charge in [-0.15, -0.1) is 0 Å². The summed E-state index contributed by atoms with van der Waals surface area (Å²) in [5, 5.41) is 3.92. The molecule has 0 aromatic heterocycles. The van der Waals surface area contributed by atoms with Gasteiger partial charge in [-0.05, 0) is 36.6 Å². The van der Waals surface area contributed by atoms with Gasteiger partial charge in [0.05, 0.1) is 10.0 Å². The van der Waals surface area contributed by atoms with Crippen LogP contribution in [0.3, 0.4) is 0 Å². The fraction of sp³-hybridized carbons (Fsp3) is 0.391. The Hall–Kier alpha value is -2.04. The maximum atomic E-state index is 13.1. The van der Waals surface area contributed by atoms with Gasteiger partial charge in [0.1, 0.15) is 6.04 Å². The first-order valence-corrected chi connectivity index (χ1v) is 10.7. The van der Waals surface area contributed by atoms with E-state index in [9.17, 15) is 9.59 Å². The molecule has 0 aliphatic heterocycles. The Morgan fingerprint density at radius 3 is 2.28 bits per heavy atom. The smallest absolute Gasteiger partial charge is 0.243 e. The summed E-state index contributed by atoms with van der Waals surface area (Å²) in [6.07, 6.45) is 1.57. The number of hydrogen-bond donors (Lipinski definition) is 1. The van der Waals surface area contributed by atoms with E-state index in [-0.39, 0.29) is 24.4 Å². The molecule has 2 aromatic carbocycles. The van der Waals surface area contributed by atoms with Gasteiger partial charge < -0.3 is 10.2 Å². The van der Waals surface area contributed by atoms with Crippen LogP contribution in [0.15, 0.2) is 48.5 Å². The molecule has 0 aliphatic carbocycles. The van der Waals surface area contributed by atoms with Crippen LogP contribution in [-0.2, 0) is 22.6 Å². The maximum Gasteiger partial charge on any atom is 0.243 e. The van der Waals surface area contributed by atoms with Gasteiger partial charge in [0.25, 0.3) is 0 Å². The third-order valence-electron chi connectivity index (χ3n) is 4.91. The van der Waals surface area contributed by atoms with E-state index in [0.717, 1.165) is 17.5 Å². The molecule has 2 aromatic rings. The van der Waals surface area contributed by atoms with Crippen molar-refractivity contribution in [2.75, 3.05) is 0 Å². The number of benzene rings is 2. The highest BCUT2D eigenvalue weighted by Crippen LogP contribution is 2.24. The number of carbonyl (C=O) groups is 2. The average Bonchev–Trinajstić information content (AvgIpc) is 2.73. The number of nitrogens with zero attached hydrogens (tertiary/aromatic N) is 1. The van der Waals surface area contributed by atoms with Gasteiger partial charge >= 0.3 is 0 Å². The Morgan fingerprint density at radius 2 is 1.69 bits per heavy atom. The number of amides is 2. The fourth-order valence-corrected chi connectivity index (χ4v) is 3.35. The molecule has 0 unspecified atom stereocenters. The minimum absolute atomic E-state index is 0.0318. The zero-order valence-electron chi connectivity index (χ0n) is 17.1. The summed E-state index contributed by atoms with van der Waals surface area (Å²) in [5.41, 5.74) is 1.83. The molecule has 0 aliphatic rings. The number of hydrogen-bond acceptors (Lipinski definition) is 2. The van der Waals surface area contributed by atoms with Crippen LogP contribution in [0, 0.1) is 0 Å². The van der Waals surface area contributed by atoms with Crippen molar-refractivity contribution >= 4 is 35.0 Å². The van der Waals surface area contributed by atoms with Gasteiger partial charge in [-0.25, -0.2) is 0 Å². The molecule has 0 radical (unpaired) electrons. The van der Waals surface area contributed by atoms with Gasteiger partial charge in [-0.2, -0.15) is 0 Å². The van der Waals surface area contributed by atoms with Crippen LogP contribution in [0.5, 0.6) is 0 Å². The minimum Gasteiger partial charge on any atom is -0.352 e. The second kappa shape index (κ2) is 11.2. The molecule has 0 saturated carbocycles. The molecule has 2 rings (SSSR count). The van der Waals surface area contributed by atoms with E-state index >= 15 is 0 Å². The van der Waals surface area contributed by atoms with Crippen molar-refractivity contribution in [2.45, 2.75) is 58.7 Å². The molecule has 29 heavy (non-hydrogen) atoms. The predicted molar refractivity (Wildman–Crippen MR) is 119 cm³/mol. The maximum absolute atomic E-state index is 13.1. The second-order valence-corrected chi connectivity index (χ2v) is 7.96. The van der Waals surface area contributed by atoms with E-state index in [1.807, 2.05) is 50.2 Å². The molecule has 0 spiro atoms.